The summed E-state index contributed by atoms with van der Waals surface area (Å²) in [6.45, 7) is 5.41. The average molecular weight is 365 g/mol. The highest BCUT2D eigenvalue weighted by Crippen LogP contribution is 2.18. The van der Waals surface area contributed by atoms with Gasteiger partial charge in [-0.05, 0) is 26.7 Å². The second-order valence-electron chi connectivity index (χ2n) is 4.16. The summed E-state index contributed by atoms with van der Waals surface area (Å²) < 4.78 is 5.03. The van der Waals surface area contributed by atoms with E-state index in [1.165, 1.54) is 12.8 Å². The predicted molar refractivity (Wildman–Crippen MR) is 80.3 cm³/mol. The van der Waals surface area contributed by atoms with Crippen molar-refractivity contribution in [2.24, 2.45) is 4.99 Å². The summed E-state index contributed by atoms with van der Waals surface area (Å²) >= 11 is 0. The largest absolute Gasteiger partial charge is 0.357 e. The number of aromatic nitrogens is 2. The molecule has 0 unspecified atom stereocenters. The van der Waals surface area contributed by atoms with Crippen molar-refractivity contribution in [2.75, 3.05) is 13.1 Å². The Balaban J connectivity index is 0.00000162. The molecule has 1 fully saturated rings. The van der Waals surface area contributed by atoms with Crippen LogP contribution in [-0.4, -0.2) is 35.2 Å². The smallest absolute Gasteiger partial charge is 0.228 e. The zero-order valence-corrected chi connectivity index (χ0v) is 13.1. The molecule has 0 spiro atoms. The fraction of sp³-hybridized carbons (Fsp3) is 0.727. The maximum atomic E-state index is 5.03. The van der Waals surface area contributed by atoms with Gasteiger partial charge in [0.15, 0.2) is 11.8 Å². The average Bonchev–Trinajstić information content (AvgIpc) is 3.01. The molecule has 1 aromatic heterocycles. The lowest BCUT2D eigenvalue weighted by Gasteiger charge is -2.09. The summed E-state index contributed by atoms with van der Waals surface area (Å²) in [6.07, 6.45) is 3.17. The van der Waals surface area contributed by atoms with Gasteiger partial charge in [0.1, 0.15) is 0 Å². The van der Waals surface area contributed by atoms with Gasteiger partial charge in [-0.2, -0.15) is 4.98 Å². The van der Waals surface area contributed by atoms with Crippen molar-refractivity contribution >= 4 is 29.9 Å². The number of nitrogens with zero attached hydrogens (tertiary/aromatic N) is 3. The Bertz CT molecular complexity index is 389. The van der Waals surface area contributed by atoms with Crippen LogP contribution in [0.25, 0.3) is 0 Å². The SMILES string of the molecule is CCNC(=NCCc1nc(C)no1)NC1CC1.I. The van der Waals surface area contributed by atoms with E-state index in [1.807, 2.05) is 6.92 Å². The summed E-state index contributed by atoms with van der Waals surface area (Å²) in [5, 5.41) is 10.3. The van der Waals surface area contributed by atoms with E-state index in [2.05, 4.69) is 32.7 Å². The Kier molecular flexibility index (Phi) is 6.37. The Morgan fingerprint density at radius 3 is 2.83 bits per heavy atom. The molecule has 1 aromatic rings. The molecule has 7 heteroatoms. The molecule has 2 N–H and O–H groups in total. The van der Waals surface area contributed by atoms with Crippen molar-refractivity contribution in [3.05, 3.63) is 11.7 Å². The number of guanidine groups is 1. The monoisotopic (exact) mass is 365 g/mol. The van der Waals surface area contributed by atoms with Gasteiger partial charge in [-0.15, -0.1) is 24.0 Å². The Labute approximate surface area is 124 Å². The molecule has 1 heterocycles. The minimum atomic E-state index is 0. The van der Waals surface area contributed by atoms with Crippen LogP contribution in [0.2, 0.25) is 0 Å². The van der Waals surface area contributed by atoms with Crippen LogP contribution in [0.15, 0.2) is 9.52 Å². The topological polar surface area (TPSA) is 75.3 Å². The minimum absolute atomic E-state index is 0. The van der Waals surface area contributed by atoms with Gasteiger partial charge in [0.25, 0.3) is 0 Å². The van der Waals surface area contributed by atoms with Crippen molar-refractivity contribution < 1.29 is 4.52 Å². The van der Waals surface area contributed by atoms with Gasteiger partial charge in [-0.1, -0.05) is 5.16 Å². The van der Waals surface area contributed by atoms with Crippen LogP contribution >= 0.6 is 24.0 Å². The van der Waals surface area contributed by atoms with Gasteiger partial charge in [0.2, 0.25) is 5.89 Å². The first kappa shape index (κ1) is 15.2. The molecule has 0 aliphatic heterocycles. The lowest BCUT2D eigenvalue weighted by molar-refractivity contribution is 0.376. The van der Waals surface area contributed by atoms with Crippen molar-refractivity contribution in [3.8, 4) is 0 Å². The second-order valence-corrected chi connectivity index (χ2v) is 4.16. The van der Waals surface area contributed by atoms with Crippen LogP contribution in [0.3, 0.4) is 0 Å². The number of aryl methyl sites for hydroxylation is 1. The van der Waals surface area contributed by atoms with Crippen LogP contribution in [0, 0.1) is 6.92 Å². The van der Waals surface area contributed by atoms with Crippen molar-refractivity contribution in [1.82, 2.24) is 20.8 Å². The molecule has 18 heavy (non-hydrogen) atoms. The third kappa shape index (κ3) is 5.19. The molecule has 6 nitrogen and oxygen atoms in total. The summed E-state index contributed by atoms with van der Waals surface area (Å²) in [7, 11) is 0. The molecule has 1 saturated carbocycles. The molecular formula is C11H20IN5O. The van der Waals surface area contributed by atoms with Crippen molar-refractivity contribution in [3.63, 3.8) is 0 Å². The van der Waals surface area contributed by atoms with Gasteiger partial charge in [-0.25, -0.2) is 0 Å². The number of hydrogen-bond acceptors (Lipinski definition) is 4. The van der Waals surface area contributed by atoms with E-state index in [0.717, 1.165) is 12.5 Å². The standard InChI is InChI=1S/C11H19N5O.HI/c1-3-12-11(15-9-4-5-9)13-7-6-10-14-8(2)16-17-10;/h9H,3-7H2,1-2H3,(H2,12,13,15);1H. The van der Waals surface area contributed by atoms with E-state index >= 15 is 0 Å². The molecule has 0 amide bonds. The highest BCUT2D eigenvalue weighted by Gasteiger charge is 2.21. The highest BCUT2D eigenvalue weighted by atomic mass is 127. The van der Waals surface area contributed by atoms with Crippen molar-refractivity contribution in [2.45, 2.75) is 39.2 Å². The Hall–Kier alpha value is -0.860. The zero-order chi connectivity index (χ0) is 12.1. The number of halogens is 1. The summed E-state index contributed by atoms with van der Waals surface area (Å²) in [5.74, 6) is 2.20. The maximum absolute atomic E-state index is 5.03. The van der Waals surface area contributed by atoms with E-state index in [4.69, 9.17) is 4.52 Å². The maximum Gasteiger partial charge on any atom is 0.228 e. The third-order valence-electron chi connectivity index (χ3n) is 2.43. The zero-order valence-electron chi connectivity index (χ0n) is 10.8. The molecular weight excluding hydrogens is 345 g/mol. The fourth-order valence-electron chi connectivity index (χ4n) is 1.45. The van der Waals surface area contributed by atoms with Crippen LogP contribution in [0.4, 0.5) is 0 Å². The molecule has 1 aliphatic rings. The Morgan fingerprint density at radius 2 is 2.28 bits per heavy atom. The van der Waals surface area contributed by atoms with E-state index in [-0.39, 0.29) is 24.0 Å². The van der Waals surface area contributed by atoms with Crippen LogP contribution in [0.5, 0.6) is 0 Å². The van der Waals surface area contributed by atoms with Crippen LogP contribution in [-0.2, 0) is 6.42 Å². The number of hydrogen-bond donors (Lipinski definition) is 2. The molecule has 0 bridgehead atoms. The van der Waals surface area contributed by atoms with E-state index < -0.39 is 0 Å². The second kappa shape index (κ2) is 7.55. The summed E-state index contributed by atoms with van der Waals surface area (Å²) in [6, 6.07) is 0.610. The molecule has 2 rings (SSSR count). The van der Waals surface area contributed by atoms with Gasteiger partial charge >= 0.3 is 0 Å². The Morgan fingerprint density at radius 1 is 1.50 bits per heavy atom. The van der Waals surface area contributed by atoms with Gasteiger partial charge in [-0.3, -0.25) is 4.99 Å². The summed E-state index contributed by atoms with van der Waals surface area (Å²) in [5.41, 5.74) is 0. The van der Waals surface area contributed by atoms with Gasteiger partial charge < -0.3 is 15.2 Å². The highest BCUT2D eigenvalue weighted by molar-refractivity contribution is 14.0. The van der Waals surface area contributed by atoms with E-state index in [0.29, 0.717) is 30.7 Å². The quantitative estimate of drug-likeness (QED) is 0.467. The lowest BCUT2D eigenvalue weighted by atomic mass is 10.4. The normalized spacial score (nSPS) is 15.1. The van der Waals surface area contributed by atoms with Gasteiger partial charge in [0.05, 0.1) is 6.54 Å². The van der Waals surface area contributed by atoms with Crippen molar-refractivity contribution in [1.29, 1.82) is 0 Å². The summed E-state index contributed by atoms with van der Waals surface area (Å²) in [4.78, 5) is 8.60. The first-order chi connectivity index (χ1) is 8.28. The van der Waals surface area contributed by atoms with E-state index in [9.17, 15) is 0 Å². The van der Waals surface area contributed by atoms with Gasteiger partial charge in [0, 0.05) is 19.0 Å². The first-order valence-electron chi connectivity index (χ1n) is 6.12. The molecule has 102 valence electrons. The molecule has 1 aliphatic carbocycles. The lowest BCUT2D eigenvalue weighted by Crippen LogP contribution is -2.38. The molecule has 0 aromatic carbocycles. The van der Waals surface area contributed by atoms with Crippen LogP contribution in [0.1, 0.15) is 31.5 Å². The fourth-order valence-corrected chi connectivity index (χ4v) is 1.45. The van der Waals surface area contributed by atoms with Crippen LogP contribution < -0.4 is 10.6 Å². The van der Waals surface area contributed by atoms with E-state index in [1.54, 1.807) is 0 Å². The number of nitrogens with one attached hydrogen (secondary N) is 2. The predicted octanol–water partition coefficient (Wildman–Crippen LogP) is 1.26. The number of aliphatic imine (C=N–C) groups is 1. The molecule has 0 atom stereocenters. The minimum Gasteiger partial charge on any atom is -0.357 e. The first-order valence-corrected chi connectivity index (χ1v) is 6.12. The molecule has 0 radical (unpaired) electrons. The number of rotatable bonds is 5. The molecule has 0 saturated heterocycles. The third-order valence-corrected chi connectivity index (χ3v) is 2.43.